The second kappa shape index (κ2) is 9.93. The van der Waals surface area contributed by atoms with Gasteiger partial charge < -0.3 is 19.3 Å². The molecule has 1 atom stereocenters. The molecule has 0 bridgehead atoms. The van der Waals surface area contributed by atoms with Crippen molar-refractivity contribution < 1.29 is 28.9 Å². The molecule has 2 aromatic carbocycles. The number of nitrogens with one attached hydrogen (secondary N) is 1. The minimum Gasteiger partial charge on any atom is -0.496 e. The van der Waals surface area contributed by atoms with E-state index >= 15 is 0 Å². The Morgan fingerprint density at radius 1 is 1.11 bits per heavy atom. The molecule has 0 saturated heterocycles. The smallest absolute Gasteiger partial charge is 0.344 e. The number of rotatable bonds is 8. The van der Waals surface area contributed by atoms with Crippen LogP contribution in [0, 0.1) is 3.57 Å². The molecule has 148 valence electrons. The highest BCUT2D eigenvalue weighted by molar-refractivity contribution is 14.1. The summed E-state index contributed by atoms with van der Waals surface area (Å²) >= 11 is 2.12. The van der Waals surface area contributed by atoms with E-state index in [1.165, 1.54) is 27.4 Å². The third-order valence-electron chi connectivity index (χ3n) is 3.63. The maximum Gasteiger partial charge on any atom is 0.344 e. The Kier molecular flexibility index (Phi) is 7.61. The fourth-order valence-electron chi connectivity index (χ4n) is 2.13. The zero-order valence-corrected chi connectivity index (χ0v) is 17.6. The number of methoxy groups -OCH3 is 2. The van der Waals surface area contributed by atoms with Gasteiger partial charge in [-0.1, -0.05) is 0 Å². The van der Waals surface area contributed by atoms with Gasteiger partial charge in [0.05, 0.1) is 24.0 Å². The fraction of sp³-hybridized carbons (Fsp3) is 0.211. The summed E-state index contributed by atoms with van der Waals surface area (Å²) in [5.41, 5.74) is 3.49. The number of halogens is 1. The van der Waals surface area contributed by atoms with E-state index in [0.717, 1.165) is 3.57 Å². The molecule has 2 N–H and O–H groups in total. The van der Waals surface area contributed by atoms with Crippen LogP contribution in [0.3, 0.4) is 0 Å². The largest absolute Gasteiger partial charge is 0.496 e. The van der Waals surface area contributed by atoms with Crippen LogP contribution in [0.25, 0.3) is 0 Å². The van der Waals surface area contributed by atoms with E-state index in [1.54, 1.807) is 36.4 Å². The average Bonchev–Trinajstić information content (AvgIpc) is 2.68. The first-order valence-corrected chi connectivity index (χ1v) is 9.18. The molecule has 0 aliphatic carbocycles. The lowest BCUT2D eigenvalue weighted by Gasteiger charge is -2.14. The third kappa shape index (κ3) is 5.59. The van der Waals surface area contributed by atoms with Crippen molar-refractivity contribution in [1.82, 2.24) is 5.43 Å². The van der Waals surface area contributed by atoms with Crippen molar-refractivity contribution in [3.05, 3.63) is 51.1 Å². The molecule has 0 heterocycles. The Hall–Kier alpha value is -2.82. The van der Waals surface area contributed by atoms with Crippen molar-refractivity contribution in [2.24, 2.45) is 5.10 Å². The average molecular weight is 498 g/mol. The SMILES string of the molecule is COc1cc(C(=O)N/N=C/c2ccc(O[C@@H](C)C(=O)O)c(OC)c2)ccc1I. The van der Waals surface area contributed by atoms with Crippen LogP contribution in [0.15, 0.2) is 41.5 Å². The number of benzene rings is 2. The molecule has 0 unspecified atom stereocenters. The maximum atomic E-state index is 12.2. The van der Waals surface area contributed by atoms with Crippen molar-refractivity contribution in [3.63, 3.8) is 0 Å². The molecule has 8 nitrogen and oxygen atoms in total. The molecule has 1 amide bonds. The fourth-order valence-corrected chi connectivity index (χ4v) is 2.69. The zero-order valence-electron chi connectivity index (χ0n) is 15.4. The number of carboxylic acids is 1. The van der Waals surface area contributed by atoms with Gasteiger partial charge in [0.15, 0.2) is 17.6 Å². The predicted octanol–water partition coefficient (Wildman–Crippen LogP) is 2.92. The van der Waals surface area contributed by atoms with E-state index in [2.05, 4.69) is 33.1 Å². The van der Waals surface area contributed by atoms with Gasteiger partial charge in [0.2, 0.25) is 0 Å². The lowest BCUT2D eigenvalue weighted by molar-refractivity contribution is -0.144. The van der Waals surface area contributed by atoms with Gasteiger partial charge in [0.1, 0.15) is 5.75 Å². The van der Waals surface area contributed by atoms with Gasteiger partial charge in [0, 0.05) is 5.56 Å². The molecule has 2 aromatic rings. The number of amides is 1. The molecule has 0 aliphatic heterocycles. The number of carboxylic acid groups (broad SMARTS) is 1. The minimum absolute atomic E-state index is 0.296. The van der Waals surface area contributed by atoms with Gasteiger partial charge in [-0.15, -0.1) is 0 Å². The first-order valence-electron chi connectivity index (χ1n) is 8.10. The minimum atomic E-state index is -1.08. The Morgan fingerprint density at radius 3 is 2.46 bits per heavy atom. The van der Waals surface area contributed by atoms with Gasteiger partial charge in [-0.05, 0) is 71.5 Å². The van der Waals surface area contributed by atoms with Crippen LogP contribution in [-0.4, -0.2) is 43.5 Å². The highest BCUT2D eigenvalue weighted by Gasteiger charge is 2.15. The summed E-state index contributed by atoms with van der Waals surface area (Å²) in [6.45, 7) is 1.42. The number of hydrogen-bond donors (Lipinski definition) is 2. The number of carbonyl (C=O) groups excluding carboxylic acids is 1. The molecule has 0 radical (unpaired) electrons. The van der Waals surface area contributed by atoms with Crippen LogP contribution < -0.4 is 19.6 Å². The summed E-state index contributed by atoms with van der Waals surface area (Å²) in [7, 11) is 2.98. The number of hydrogen-bond acceptors (Lipinski definition) is 6. The number of nitrogens with zero attached hydrogens (tertiary/aromatic N) is 1. The van der Waals surface area contributed by atoms with E-state index in [-0.39, 0.29) is 5.91 Å². The maximum absolute atomic E-state index is 12.2. The van der Waals surface area contributed by atoms with E-state index in [9.17, 15) is 9.59 Å². The highest BCUT2D eigenvalue weighted by Crippen LogP contribution is 2.28. The van der Waals surface area contributed by atoms with Crippen molar-refractivity contribution in [2.75, 3.05) is 14.2 Å². The summed E-state index contributed by atoms with van der Waals surface area (Å²) in [5.74, 6) is -0.209. The van der Waals surface area contributed by atoms with E-state index in [1.807, 2.05) is 0 Å². The van der Waals surface area contributed by atoms with Crippen LogP contribution in [0.2, 0.25) is 0 Å². The molecule has 2 rings (SSSR count). The molecular weight excluding hydrogens is 479 g/mol. The quantitative estimate of drug-likeness (QED) is 0.330. The molecule has 0 aromatic heterocycles. The third-order valence-corrected chi connectivity index (χ3v) is 4.52. The molecule has 0 saturated carbocycles. The summed E-state index contributed by atoms with van der Waals surface area (Å²) < 4.78 is 16.6. The number of aliphatic carboxylic acids is 1. The van der Waals surface area contributed by atoms with Crippen molar-refractivity contribution >= 4 is 40.7 Å². The second-order valence-electron chi connectivity index (χ2n) is 5.56. The standard InChI is InChI=1S/C19H19IN2O6/c1-11(19(24)25)28-15-7-4-12(8-17(15)27-3)10-21-22-18(23)13-5-6-14(20)16(9-13)26-2/h4-11H,1-3H3,(H,22,23)(H,24,25)/b21-10+/t11-/m0/s1. The molecular formula is C19H19IN2O6. The summed E-state index contributed by atoms with van der Waals surface area (Å²) in [6, 6.07) is 9.94. The predicted molar refractivity (Wildman–Crippen MR) is 111 cm³/mol. The van der Waals surface area contributed by atoms with Crippen LogP contribution in [0.4, 0.5) is 0 Å². The van der Waals surface area contributed by atoms with Crippen molar-refractivity contribution in [1.29, 1.82) is 0 Å². The number of hydrazone groups is 1. The van der Waals surface area contributed by atoms with E-state index in [0.29, 0.717) is 28.4 Å². The molecule has 28 heavy (non-hydrogen) atoms. The Balaban J connectivity index is 2.07. The first kappa shape index (κ1) is 21.5. The summed E-state index contributed by atoms with van der Waals surface area (Å²) in [4.78, 5) is 23.1. The van der Waals surface area contributed by atoms with E-state index in [4.69, 9.17) is 19.3 Å². The Labute approximate surface area is 175 Å². The van der Waals surface area contributed by atoms with Gasteiger partial charge in [-0.25, -0.2) is 10.2 Å². The van der Waals surface area contributed by atoms with Crippen LogP contribution in [0.1, 0.15) is 22.8 Å². The van der Waals surface area contributed by atoms with Gasteiger partial charge in [-0.2, -0.15) is 5.10 Å². The number of ether oxygens (including phenoxy) is 3. The van der Waals surface area contributed by atoms with Crippen LogP contribution in [-0.2, 0) is 4.79 Å². The lowest BCUT2D eigenvalue weighted by atomic mass is 10.2. The summed E-state index contributed by atoms with van der Waals surface area (Å²) in [6.07, 6.45) is 0.424. The molecule has 0 fully saturated rings. The van der Waals surface area contributed by atoms with E-state index < -0.39 is 12.1 Å². The molecule has 9 heteroatoms. The van der Waals surface area contributed by atoms with Crippen LogP contribution >= 0.6 is 22.6 Å². The highest BCUT2D eigenvalue weighted by atomic mass is 127. The van der Waals surface area contributed by atoms with Gasteiger partial charge >= 0.3 is 5.97 Å². The van der Waals surface area contributed by atoms with Crippen molar-refractivity contribution in [3.8, 4) is 17.2 Å². The normalized spacial score (nSPS) is 11.7. The topological polar surface area (TPSA) is 106 Å². The number of carbonyl (C=O) groups is 2. The van der Waals surface area contributed by atoms with Crippen molar-refractivity contribution in [2.45, 2.75) is 13.0 Å². The zero-order chi connectivity index (χ0) is 20.7. The Bertz CT molecular complexity index is 900. The lowest BCUT2D eigenvalue weighted by Crippen LogP contribution is -2.23. The first-order chi connectivity index (χ1) is 13.3. The van der Waals surface area contributed by atoms with Gasteiger partial charge in [0.25, 0.3) is 5.91 Å². The van der Waals surface area contributed by atoms with Gasteiger partial charge in [-0.3, -0.25) is 4.79 Å². The Morgan fingerprint density at radius 2 is 1.82 bits per heavy atom. The molecule has 0 aliphatic rings. The monoisotopic (exact) mass is 498 g/mol. The second-order valence-corrected chi connectivity index (χ2v) is 6.72. The summed E-state index contributed by atoms with van der Waals surface area (Å²) in [5, 5.41) is 12.9. The molecule has 0 spiro atoms. The van der Waals surface area contributed by atoms with Crippen LogP contribution in [0.5, 0.6) is 17.2 Å².